The third-order valence-electron chi connectivity index (χ3n) is 6.82. The number of fused-ring (bicyclic) bond motifs is 1. The van der Waals surface area contributed by atoms with Crippen LogP contribution in [0.5, 0.6) is 0 Å². The lowest BCUT2D eigenvalue weighted by atomic mass is 9.93. The van der Waals surface area contributed by atoms with Crippen molar-refractivity contribution in [2.45, 2.75) is 26.4 Å². The van der Waals surface area contributed by atoms with Crippen molar-refractivity contribution in [3.63, 3.8) is 0 Å². The van der Waals surface area contributed by atoms with Crippen LogP contribution in [0.1, 0.15) is 31.5 Å². The molecule has 0 radical (unpaired) electrons. The zero-order valence-electron chi connectivity index (χ0n) is 20.4. The van der Waals surface area contributed by atoms with Crippen LogP contribution in [0.25, 0.3) is 5.70 Å². The first kappa shape index (κ1) is 25.6. The van der Waals surface area contributed by atoms with E-state index in [9.17, 15) is 18.4 Å². The Labute approximate surface area is 214 Å². The van der Waals surface area contributed by atoms with Gasteiger partial charge >= 0.3 is 6.18 Å². The van der Waals surface area contributed by atoms with Crippen molar-refractivity contribution < 1.29 is 13.2 Å². The molecule has 4 rings (SSSR count). The highest BCUT2D eigenvalue weighted by molar-refractivity contribution is 6.29. The second kappa shape index (κ2) is 9.90. The number of halogens is 4. The molecule has 0 saturated carbocycles. The minimum atomic E-state index is -4.37. The van der Waals surface area contributed by atoms with E-state index in [-0.39, 0.29) is 5.92 Å². The number of alkyl halides is 3. The van der Waals surface area contributed by atoms with Gasteiger partial charge in [-0.15, -0.1) is 0 Å². The fourth-order valence-electron chi connectivity index (χ4n) is 4.59. The number of anilines is 2. The lowest BCUT2D eigenvalue weighted by Gasteiger charge is -2.38. The molecule has 1 aromatic carbocycles. The van der Waals surface area contributed by atoms with E-state index < -0.39 is 11.7 Å². The van der Waals surface area contributed by atoms with E-state index in [2.05, 4.69) is 29.5 Å². The van der Waals surface area contributed by atoms with Gasteiger partial charge in [-0.3, -0.25) is 0 Å². The predicted molar refractivity (Wildman–Crippen MR) is 137 cm³/mol. The van der Waals surface area contributed by atoms with E-state index in [0.29, 0.717) is 53.1 Å². The SMILES string of the molecule is C=C1C(C#N)=C(N(CC)CC2=CN(c3ccc(C(F)(F)F)cc3)CCC2C)c2nc(Cl)ccc2N1C. The summed E-state index contributed by atoms with van der Waals surface area (Å²) in [6.07, 6.45) is -1.50. The van der Waals surface area contributed by atoms with Crippen LogP contribution in [-0.2, 0) is 6.18 Å². The Hall–Kier alpha value is -3.44. The number of nitriles is 1. The number of aromatic nitrogens is 1. The molecule has 0 amide bonds. The van der Waals surface area contributed by atoms with Crippen molar-refractivity contribution in [1.29, 1.82) is 5.26 Å². The molecule has 1 unspecified atom stereocenters. The zero-order chi connectivity index (χ0) is 26.2. The quantitative estimate of drug-likeness (QED) is 0.416. The Morgan fingerprint density at radius 3 is 2.53 bits per heavy atom. The van der Waals surface area contributed by atoms with E-state index in [1.165, 1.54) is 12.1 Å². The van der Waals surface area contributed by atoms with Gasteiger partial charge in [-0.05, 0) is 61.2 Å². The van der Waals surface area contributed by atoms with Crippen LogP contribution in [0, 0.1) is 17.2 Å². The molecule has 0 spiro atoms. The first-order valence-corrected chi connectivity index (χ1v) is 12.1. The lowest BCUT2D eigenvalue weighted by molar-refractivity contribution is -0.137. The molecule has 0 bridgehead atoms. The van der Waals surface area contributed by atoms with E-state index in [0.717, 1.165) is 29.8 Å². The van der Waals surface area contributed by atoms with Crippen molar-refractivity contribution in [3.05, 3.63) is 82.4 Å². The maximum atomic E-state index is 13.0. The van der Waals surface area contributed by atoms with Gasteiger partial charge in [-0.1, -0.05) is 25.1 Å². The average molecular weight is 514 g/mol. The summed E-state index contributed by atoms with van der Waals surface area (Å²) in [6, 6.07) is 11.1. The molecule has 0 aliphatic carbocycles. The van der Waals surface area contributed by atoms with Crippen molar-refractivity contribution in [3.8, 4) is 6.07 Å². The maximum absolute atomic E-state index is 13.0. The molecule has 36 heavy (non-hydrogen) atoms. The number of hydrogen-bond donors (Lipinski definition) is 0. The molecule has 1 atom stereocenters. The van der Waals surface area contributed by atoms with Gasteiger partial charge in [0.15, 0.2) is 0 Å². The summed E-state index contributed by atoms with van der Waals surface area (Å²) in [4.78, 5) is 10.5. The summed E-state index contributed by atoms with van der Waals surface area (Å²) in [7, 11) is 1.84. The van der Waals surface area contributed by atoms with Gasteiger partial charge in [0.2, 0.25) is 0 Å². The van der Waals surface area contributed by atoms with Crippen molar-refractivity contribution >= 4 is 28.7 Å². The summed E-state index contributed by atoms with van der Waals surface area (Å²) in [6.45, 7) is 10.1. The molecule has 2 aliphatic rings. The van der Waals surface area contributed by atoms with Crippen molar-refractivity contribution in [1.82, 2.24) is 9.88 Å². The van der Waals surface area contributed by atoms with E-state index in [1.807, 2.05) is 36.0 Å². The summed E-state index contributed by atoms with van der Waals surface area (Å²) in [5.74, 6) is 0.261. The van der Waals surface area contributed by atoms with Crippen LogP contribution in [0.2, 0.25) is 5.15 Å². The fourth-order valence-corrected chi connectivity index (χ4v) is 4.74. The summed E-state index contributed by atoms with van der Waals surface area (Å²) in [5.41, 5.74) is 4.29. The van der Waals surface area contributed by atoms with Gasteiger partial charge in [0, 0.05) is 38.6 Å². The van der Waals surface area contributed by atoms with Crippen molar-refractivity contribution in [2.24, 2.45) is 5.92 Å². The third-order valence-corrected chi connectivity index (χ3v) is 7.03. The van der Waals surface area contributed by atoms with Crippen molar-refractivity contribution in [2.75, 3.05) is 36.5 Å². The Morgan fingerprint density at radius 1 is 1.22 bits per heavy atom. The molecular weight excluding hydrogens is 487 g/mol. The Bertz CT molecular complexity index is 1270. The Morgan fingerprint density at radius 2 is 1.92 bits per heavy atom. The molecule has 2 aromatic rings. The summed E-state index contributed by atoms with van der Waals surface area (Å²) in [5, 5.41) is 10.4. The minimum Gasteiger partial charge on any atom is -0.365 e. The molecule has 3 heterocycles. The molecule has 9 heteroatoms. The van der Waals surface area contributed by atoms with E-state index in [1.54, 1.807) is 6.07 Å². The largest absolute Gasteiger partial charge is 0.416 e. The molecular formula is C27H27ClF3N5. The normalized spacial score (nSPS) is 18.1. The van der Waals surface area contributed by atoms with E-state index in [4.69, 9.17) is 11.6 Å². The molecule has 0 saturated heterocycles. The summed E-state index contributed by atoms with van der Waals surface area (Å²) >= 11 is 6.24. The highest BCUT2D eigenvalue weighted by atomic mass is 35.5. The number of rotatable bonds is 5. The van der Waals surface area contributed by atoms with Gasteiger partial charge in [0.25, 0.3) is 0 Å². The average Bonchev–Trinajstić information content (AvgIpc) is 2.85. The second-order valence-corrected chi connectivity index (χ2v) is 9.38. The number of benzene rings is 1. The number of nitrogens with zero attached hydrogens (tertiary/aromatic N) is 5. The first-order valence-electron chi connectivity index (χ1n) is 11.7. The first-order chi connectivity index (χ1) is 17.0. The Kier molecular flexibility index (Phi) is 7.05. The summed E-state index contributed by atoms with van der Waals surface area (Å²) < 4.78 is 39.0. The monoisotopic (exact) mass is 513 g/mol. The predicted octanol–water partition coefficient (Wildman–Crippen LogP) is 6.70. The maximum Gasteiger partial charge on any atom is 0.416 e. The van der Waals surface area contributed by atoms with Gasteiger partial charge in [0.1, 0.15) is 22.5 Å². The smallest absolute Gasteiger partial charge is 0.365 e. The molecule has 0 fully saturated rings. The lowest BCUT2D eigenvalue weighted by Crippen LogP contribution is -2.35. The standard InChI is InChI=1S/C27H27ClF3N5/c1-5-35(26-22(14-32)18(3)34(4)23-10-11-24(28)33-25(23)26)15-19-16-36(13-12-17(19)2)21-8-6-20(7-9-21)27(29,30)31/h6-11,16-17H,3,5,12-13,15H2,1-2,4H3. The fraction of sp³-hybridized carbons (Fsp3) is 0.333. The molecule has 0 N–H and O–H groups in total. The zero-order valence-corrected chi connectivity index (χ0v) is 21.2. The number of pyridine rings is 1. The highest BCUT2D eigenvalue weighted by Crippen LogP contribution is 2.41. The van der Waals surface area contributed by atoms with Crippen LogP contribution in [0.15, 0.2) is 66.0 Å². The van der Waals surface area contributed by atoms with Crippen LogP contribution in [0.4, 0.5) is 24.5 Å². The minimum absolute atomic E-state index is 0.261. The molecule has 2 aliphatic heterocycles. The van der Waals surface area contributed by atoms with Gasteiger partial charge in [-0.2, -0.15) is 18.4 Å². The number of hydrogen-bond acceptors (Lipinski definition) is 5. The molecule has 5 nitrogen and oxygen atoms in total. The molecule has 1 aromatic heterocycles. The number of allylic oxidation sites excluding steroid dienone is 1. The van der Waals surface area contributed by atoms with Crippen LogP contribution in [-0.4, -0.2) is 36.6 Å². The number of likely N-dealkylation sites (N-methyl/N-ethyl adjacent to an activating group) is 2. The highest BCUT2D eigenvalue weighted by Gasteiger charge is 2.32. The van der Waals surface area contributed by atoms with Crippen LogP contribution in [0.3, 0.4) is 0 Å². The van der Waals surface area contributed by atoms with Crippen LogP contribution < -0.4 is 9.80 Å². The van der Waals surface area contributed by atoms with E-state index >= 15 is 0 Å². The topological polar surface area (TPSA) is 46.4 Å². The van der Waals surface area contributed by atoms with Gasteiger partial charge < -0.3 is 14.7 Å². The second-order valence-electron chi connectivity index (χ2n) is 8.99. The Balaban J connectivity index is 1.70. The third kappa shape index (κ3) is 4.80. The van der Waals surface area contributed by atoms with Gasteiger partial charge in [-0.25, -0.2) is 4.98 Å². The van der Waals surface area contributed by atoms with Gasteiger partial charge in [0.05, 0.1) is 22.6 Å². The molecule has 188 valence electrons. The van der Waals surface area contributed by atoms with Crippen LogP contribution >= 0.6 is 11.6 Å².